The summed E-state index contributed by atoms with van der Waals surface area (Å²) in [6.07, 6.45) is 1.88. The smallest absolute Gasteiger partial charge is 0.179 e. The molecular formula is C11H13N5S2. The van der Waals surface area contributed by atoms with Crippen LogP contribution in [-0.2, 0) is 13.1 Å². The molecule has 94 valence electrons. The molecular weight excluding hydrogens is 266 g/mol. The Balaban J connectivity index is 2.21. The Kier molecular flexibility index (Phi) is 2.79. The maximum Gasteiger partial charge on any atom is 0.179 e. The number of thiazole rings is 1. The lowest BCUT2D eigenvalue weighted by atomic mass is 10.4. The van der Waals surface area contributed by atoms with Crippen molar-refractivity contribution in [2.24, 2.45) is 0 Å². The summed E-state index contributed by atoms with van der Waals surface area (Å²) in [5.74, 6) is 0. The van der Waals surface area contributed by atoms with Crippen molar-refractivity contribution in [3.05, 3.63) is 27.0 Å². The van der Waals surface area contributed by atoms with Gasteiger partial charge in [-0.05, 0) is 26.1 Å². The van der Waals surface area contributed by atoms with E-state index in [1.54, 1.807) is 11.3 Å². The predicted molar refractivity (Wildman–Crippen MR) is 74.5 cm³/mol. The van der Waals surface area contributed by atoms with Crippen molar-refractivity contribution >= 4 is 34.7 Å². The van der Waals surface area contributed by atoms with Gasteiger partial charge in [0.15, 0.2) is 10.4 Å². The SMILES string of the molecule is CCn1nc(C)c2[nH]c(=S)n(Cc3cncs3)c21. The number of aryl methyl sites for hydroxylation is 2. The van der Waals surface area contributed by atoms with Crippen LogP contribution in [0.2, 0.25) is 0 Å². The number of fused-ring (bicyclic) bond motifs is 1. The normalized spacial score (nSPS) is 11.4. The van der Waals surface area contributed by atoms with E-state index in [1.807, 2.05) is 23.3 Å². The number of imidazole rings is 1. The van der Waals surface area contributed by atoms with Gasteiger partial charge in [0.25, 0.3) is 0 Å². The highest BCUT2D eigenvalue weighted by atomic mass is 32.1. The lowest BCUT2D eigenvalue weighted by molar-refractivity contribution is 0.644. The number of rotatable bonds is 3. The van der Waals surface area contributed by atoms with E-state index in [0.717, 1.165) is 34.7 Å². The van der Waals surface area contributed by atoms with Crippen LogP contribution in [0.1, 0.15) is 17.5 Å². The van der Waals surface area contributed by atoms with E-state index >= 15 is 0 Å². The molecule has 3 rings (SSSR count). The highest BCUT2D eigenvalue weighted by Gasteiger charge is 2.14. The van der Waals surface area contributed by atoms with Gasteiger partial charge in [-0.2, -0.15) is 5.10 Å². The van der Waals surface area contributed by atoms with Crippen molar-refractivity contribution in [1.82, 2.24) is 24.3 Å². The van der Waals surface area contributed by atoms with Gasteiger partial charge in [0.05, 0.1) is 17.7 Å². The minimum atomic E-state index is 0.737. The van der Waals surface area contributed by atoms with E-state index in [4.69, 9.17) is 12.2 Å². The summed E-state index contributed by atoms with van der Waals surface area (Å²) in [5, 5.41) is 4.51. The van der Waals surface area contributed by atoms with Gasteiger partial charge in [-0.25, -0.2) is 4.68 Å². The fourth-order valence-electron chi connectivity index (χ4n) is 2.10. The van der Waals surface area contributed by atoms with Crippen molar-refractivity contribution in [3.63, 3.8) is 0 Å². The molecule has 3 aromatic rings. The van der Waals surface area contributed by atoms with Crippen LogP contribution in [0.25, 0.3) is 11.2 Å². The first-order chi connectivity index (χ1) is 8.70. The number of aromatic amines is 1. The molecule has 3 aromatic heterocycles. The molecule has 0 aromatic carbocycles. The van der Waals surface area contributed by atoms with Crippen LogP contribution >= 0.6 is 23.6 Å². The Labute approximate surface area is 113 Å². The van der Waals surface area contributed by atoms with Crippen LogP contribution in [-0.4, -0.2) is 24.3 Å². The van der Waals surface area contributed by atoms with Gasteiger partial charge < -0.3 is 4.98 Å². The molecule has 0 unspecified atom stereocenters. The van der Waals surface area contributed by atoms with Crippen molar-refractivity contribution in [2.75, 3.05) is 0 Å². The van der Waals surface area contributed by atoms with E-state index < -0.39 is 0 Å². The van der Waals surface area contributed by atoms with E-state index in [1.165, 1.54) is 4.88 Å². The van der Waals surface area contributed by atoms with Crippen molar-refractivity contribution < 1.29 is 0 Å². The average Bonchev–Trinajstić information content (AvgIpc) is 3.02. The van der Waals surface area contributed by atoms with Gasteiger partial charge in [-0.1, -0.05) is 0 Å². The van der Waals surface area contributed by atoms with E-state index in [0.29, 0.717) is 0 Å². The third-order valence-corrected chi connectivity index (χ3v) is 4.02. The Hall–Kier alpha value is -1.47. The zero-order valence-electron chi connectivity index (χ0n) is 10.2. The van der Waals surface area contributed by atoms with Crippen molar-refractivity contribution in [3.8, 4) is 0 Å². The number of H-pyrrole nitrogens is 1. The first-order valence-electron chi connectivity index (χ1n) is 5.74. The number of aromatic nitrogens is 5. The van der Waals surface area contributed by atoms with Gasteiger partial charge in [0.2, 0.25) is 0 Å². The Morgan fingerprint density at radius 1 is 1.50 bits per heavy atom. The minimum Gasteiger partial charge on any atom is -0.328 e. The minimum absolute atomic E-state index is 0.737. The van der Waals surface area contributed by atoms with Crippen LogP contribution in [0.5, 0.6) is 0 Å². The quantitative estimate of drug-likeness (QED) is 0.750. The predicted octanol–water partition coefficient (Wildman–Crippen LogP) is 2.73. The molecule has 0 fully saturated rings. The zero-order chi connectivity index (χ0) is 12.7. The highest BCUT2D eigenvalue weighted by Crippen LogP contribution is 2.20. The highest BCUT2D eigenvalue weighted by molar-refractivity contribution is 7.71. The molecule has 0 saturated heterocycles. The van der Waals surface area contributed by atoms with E-state index in [-0.39, 0.29) is 0 Å². The molecule has 0 amide bonds. The Morgan fingerprint density at radius 3 is 3.00 bits per heavy atom. The van der Waals surface area contributed by atoms with Gasteiger partial charge in [0, 0.05) is 17.6 Å². The zero-order valence-corrected chi connectivity index (χ0v) is 11.8. The molecule has 0 radical (unpaired) electrons. The Bertz CT molecular complexity index is 731. The first kappa shape index (κ1) is 11.6. The third kappa shape index (κ3) is 1.70. The fraction of sp³-hybridized carbons (Fsp3) is 0.364. The number of nitrogens with zero attached hydrogens (tertiary/aromatic N) is 4. The summed E-state index contributed by atoms with van der Waals surface area (Å²) < 4.78 is 4.81. The molecule has 0 atom stereocenters. The maximum absolute atomic E-state index is 5.40. The van der Waals surface area contributed by atoms with Crippen molar-refractivity contribution in [1.29, 1.82) is 0 Å². The van der Waals surface area contributed by atoms with Gasteiger partial charge in [-0.15, -0.1) is 11.3 Å². The van der Waals surface area contributed by atoms with Crippen LogP contribution < -0.4 is 0 Å². The van der Waals surface area contributed by atoms with Gasteiger partial charge in [0.1, 0.15) is 5.52 Å². The van der Waals surface area contributed by atoms with Crippen LogP contribution in [0.3, 0.4) is 0 Å². The number of nitrogens with one attached hydrogen (secondary N) is 1. The summed E-state index contributed by atoms with van der Waals surface area (Å²) in [4.78, 5) is 8.53. The van der Waals surface area contributed by atoms with Crippen LogP contribution in [0.4, 0.5) is 0 Å². The summed E-state index contributed by atoms with van der Waals surface area (Å²) >= 11 is 7.03. The second-order valence-electron chi connectivity index (χ2n) is 4.08. The molecule has 0 aliphatic heterocycles. The van der Waals surface area contributed by atoms with Crippen LogP contribution in [0, 0.1) is 11.7 Å². The molecule has 18 heavy (non-hydrogen) atoms. The summed E-state index contributed by atoms with van der Waals surface area (Å²) in [5.41, 5.74) is 4.92. The molecule has 0 aliphatic carbocycles. The van der Waals surface area contributed by atoms with Gasteiger partial charge >= 0.3 is 0 Å². The molecule has 0 spiro atoms. The monoisotopic (exact) mass is 279 g/mol. The number of hydrogen-bond acceptors (Lipinski definition) is 4. The first-order valence-corrected chi connectivity index (χ1v) is 7.02. The lowest BCUT2D eigenvalue weighted by Gasteiger charge is -2.04. The molecule has 0 aliphatic rings. The molecule has 0 saturated carbocycles. The molecule has 1 N–H and O–H groups in total. The molecule has 7 heteroatoms. The van der Waals surface area contributed by atoms with E-state index in [9.17, 15) is 0 Å². The van der Waals surface area contributed by atoms with Crippen LogP contribution in [0.15, 0.2) is 11.7 Å². The summed E-state index contributed by atoms with van der Waals surface area (Å²) in [7, 11) is 0. The average molecular weight is 279 g/mol. The fourth-order valence-corrected chi connectivity index (χ4v) is 2.94. The second-order valence-corrected chi connectivity index (χ2v) is 5.44. The second kappa shape index (κ2) is 4.33. The summed E-state index contributed by atoms with van der Waals surface area (Å²) in [6.45, 7) is 5.66. The summed E-state index contributed by atoms with van der Waals surface area (Å²) in [6, 6.07) is 0. The third-order valence-electron chi connectivity index (χ3n) is 2.93. The van der Waals surface area contributed by atoms with Gasteiger partial charge in [-0.3, -0.25) is 9.55 Å². The topological polar surface area (TPSA) is 51.4 Å². The molecule has 3 heterocycles. The molecule has 5 nitrogen and oxygen atoms in total. The standard InChI is InChI=1S/C11H13N5S2/c1-3-16-10-9(7(2)14-16)13-11(17)15(10)5-8-4-12-6-18-8/h4,6H,3,5H2,1-2H3,(H,13,17). The van der Waals surface area contributed by atoms with Crippen molar-refractivity contribution in [2.45, 2.75) is 26.9 Å². The largest absolute Gasteiger partial charge is 0.328 e. The number of hydrogen-bond donors (Lipinski definition) is 1. The van der Waals surface area contributed by atoms with E-state index in [2.05, 4.69) is 26.6 Å². The maximum atomic E-state index is 5.40. The lowest BCUT2D eigenvalue weighted by Crippen LogP contribution is -2.05. The Morgan fingerprint density at radius 2 is 2.33 bits per heavy atom. The molecule has 0 bridgehead atoms.